The largest absolute Gasteiger partial charge is 0.481 e. The normalized spacial score (nSPS) is 24.6. The highest BCUT2D eigenvalue weighted by Crippen LogP contribution is 2.25. The van der Waals surface area contributed by atoms with Gasteiger partial charge in [-0.25, -0.2) is 0 Å². The summed E-state index contributed by atoms with van der Waals surface area (Å²) < 4.78 is 0. The van der Waals surface area contributed by atoms with Crippen LogP contribution in [0.2, 0.25) is 0 Å². The van der Waals surface area contributed by atoms with E-state index in [1.807, 2.05) is 13.8 Å². The molecule has 0 aliphatic carbocycles. The average Bonchev–Trinajstić information content (AvgIpc) is 2.80. The van der Waals surface area contributed by atoms with E-state index in [-0.39, 0.29) is 36.1 Å². The Labute approximate surface area is 118 Å². The molecule has 1 atom stereocenters. The first-order valence-electron chi connectivity index (χ1n) is 7.21. The van der Waals surface area contributed by atoms with E-state index in [2.05, 4.69) is 0 Å². The van der Waals surface area contributed by atoms with Crippen LogP contribution >= 0.6 is 0 Å². The van der Waals surface area contributed by atoms with E-state index in [1.165, 1.54) is 0 Å². The minimum atomic E-state index is -0.779. The highest BCUT2D eigenvalue weighted by atomic mass is 16.4. The molecule has 0 radical (unpaired) electrons. The summed E-state index contributed by atoms with van der Waals surface area (Å²) in [7, 11) is 0. The fourth-order valence-corrected chi connectivity index (χ4v) is 3.00. The molecular formula is C14H22N2O4. The average molecular weight is 282 g/mol. The molecule has 6 heteroatoms. The minimum Gasteiger partial charge on any atom is -0.481 e. The highest BCUT2D eigenvalue weighted by Gasteiger charge is 2.38. The summed E-state index contributed by atoms with van der Waals surface area (Å²) in [4.78, 5) is 38.6. The van der Waals surface area contributed by atoms with Gasteiger partial charge in [-0.3, -0.25) is 14.4 Å². The summed E-state index contributed by atoms with van der Waals surface area (Å²) in [6.07, 6.45) is 1.31. The lowest BCUT2D eigenvalue weighted by Crippen LogP contribution is -2.44. The lowest BCUT2D eigenvalue weighted by molar-refractivity contribution is -0.146. The Bertz CT molecular complexity index is 413. The van der Waals surface area contributed by atoms with Crippen molar-refractivity contribution in [3.05, 3.63) is 0 Å². The van der Waals surface area contributed by atoms with Crippen LogP contribution in [0.15, 0.2) is 0 Å². The number of carbonyl (C=O) groups is 3. The Morgan fingerprint density at radius 2 is 1.80 bits per heavy atom. The standard InChI is InChI=1S/C14H22N2O4/c1-9(2)16-8-11(7-12(16)17)13(18)15-5-3-10(4-6-15)14(19)20/h9-11H,3-8H2,1-2H3,(H,19,20). The number of nitrogens with zero attached hydrogens (tertiary/aromatic N) is 2. The fraction of sp³-hybridized carbons (Fsp3) is 0.786. The van der Waals surface area contributed by atoms with Crippen LogP contribution in [0.5, 0.6) is 0 Å². The SMILES string of the molecule is CC(C)N1CC(C(=O)N2CCC(C(=O)O)CC2)CC1=O. The van der Waals surface area contributed by atoms with Crippen molar-refractivity contribution in [3.8, 4) is 0 Å². The van der Waals surface area contributed by atoms with E-state index in [0.29, 0.717) is 32.5 Å². The van der Waals surface area contributed by atoms with Crippen molar-refractivity contribution >= 4 is 17.8 Å². The third kappa shape index (κ3) is 2.94. The van der Waals surface area contributed by atoms with Crippen molar-refractivity contribution in [1.29, 1.82) is 0 Å². The molecule has 112 valence electrons. The zero-order valence-corrected chi connectivity index (χ0v) is 12.0. The Kier molecular flexibility index (Phi) is 4.30. The van der Waals surface area contributed by atoms with Crippen molar-refractivity contribution < 1.29 is 19.5 Å². The third-order valence-electron chi connectivity index (χ3n) is 4.29. The number of carboxylic acid groups (broad SMARTS) is 1. The van der Waals surface area contributed by atoms with Crippen molar-refractivity contribution in [2.24, 2.45) is 11.8 Å². The molecule has 0 aromatic heterocycles. The molecule has 6 nitrogen and oxygen atoms in total. The monoisotopic (exact) mass is 282 g/mol. The topological polar surface area (TPSA) is 77.9 Å². The zero-order valence-electron chi connectivity index (χ0n) is 12.0. The summed E-state index contributed by atoms with van der Waals surface area (Å²) in [6.45, 7) is 5.37. The number of hydrogen-bond donors (Lipinski definition) is 1. The molecule has 2 heterocycles. The zero-order chi connectivity index (χ0) is 14.9. The lowest BCUT2D eigenvalue weighted by atomic mass is 9.95. The number of carbonyl (C=O) groups excluding carboxylic acids is 2. The van der Waals surface area contributed by atoms with Gasteiger partial charge in [0.15, 0.2) is 0 Å². The van der Waals surface area contributed by atoms with Gasteiger partial charge in [0.1, 0.15) is 0 Å². The van der Waals surface area contributed by atoms with Gasteiger partial charge in [0.05, 0.1) is 11.8 Å². The molecule has 0 aromatic rings. The van der Waals surface area contributed by atoms with Gasteiger partial charge >= 0.3 is 5.97 Å². The second-order valence-corrected chi connectivity index (χ2v) is 5.98. The molecule has 1 N–H and O–H groups in total. The van der Waals surface area contributed by atoms with E-state index in [9.17, 15) is 14.4 Å². The van der Waals surface area contributed by atoms with Gasteiger partial charge in [0, 0.05) is 32.1 Å². The summed E-state index contributed by atoms with van der Waals surface area (Å²) >= 11 is 0. The number of rotatable bonds is 3. The van der Waals surface area contributed by atoms with E-state index < -0.39 is 5.97 Å². The van der Waals surface area contributed by atoms with E-state index in [1.54, 1.807) is 9.80 Å². The maximum absolute atomic E-state index is 12.4. The summed E-state index contributed by atoms with van der Waals surface area (Å²) in [5, 5.41) is 8.95. The summed E-state index contributed by atoms with van der Waals surface area (Å²) in [5.74, 6) is -1.33. The van der Waals surface area contributed by atoms with Gasteiger partial charge in [-0.1, -0.05) is 0 Å². The summed E-state index contributed by atoms with van der Waals surface area (Å²) in [6, 6.07) is 0.123. The molecule has 2 aliphatic heterocycles. The number of piperidine rings is 1. The lowest BCUT2D eigenvalue weighted by Gasteiger charge is -2.32. The summed E-state index contributed by atoms with van der Waals surface area (Å²) in [5.41, 5.74) is 0. The van der Waals surface area contributed by atoms with Crippen molar-refractivity contribution in [2.75, 3.05) is 19.6 Å². The molecule has 2 amide bonds. The van der Waals surface area contributed by atoms with Crippen LogP contribution in [0.4, 0.5) is 0 Å². The fourth-order valence-electron chi connectivity index (χ4n) is 3.00. The number of carboxylic acids is 1. The number of likely N-dealkylation sites (tertiary alicyclic amines) is 2. The van der Waals surface area contributed by atoms with Gasteiger partial charge in [0.25, 0.3) is 0 Å². The van der Waals surface area contributed by atoms with E-state index >= 15 is 0 Å². The van der Waals surface area contributed by atoms with Crippen molar-refractivity contribution in [3.63, 3.8) is 0 Å². The maximum atomic E-state index is 12.4. The first kappa shape index (κ1) is 14.8. The first-order valence-corrected chi connectivity index (χ1v) is 7.21. The number of aliphatic carboxylic acids is 1. The van der Waals surface area contributed by atoms with Crippen LogP contribution in [0.1, 0.15) is 33.1 Å². The molecule has 0 saturated carbocycles. The predicted octanol–water partition coefficient (Wildman–Crippen LogP) is 0.566. The van der Waals surface area contributed by atoms with Gasteiger partial charge < -0.3 is 14.9 Å². The third-order valence-corrected chi connectivity index (χ3v) is 4.29. The van der Waals surface area contributed by atoms with Crippen molar-refractivity contribution in [1.82, 2.24) is 9.80 Å². The predicted molar refractivity (Wildman–Crippen MR) is 71.9 cm³/mol. The molecule has 0 aromatic carbocycles. The first-order chi connectivity index (χ1) is 9.40. The minimum absolute atomic E-state index is 0.00494. The van der Waals surface area contributed by atoms with Gasteiger partial charge in [-0.2, -0.15) is 0 Å². The molecule has 2 fully saturated rings. The molecule has 2 saturated heterocycles. The van der Waals surface area contributed by atoms with Gasteiger partial charge in [-0.05, 0) is 26.7 Å². The maximum Gasteiger partial charge on any atom is 0.306 e. The highest BCUT2D eigenvalue weighted by molar-refractivity contribution is 5.89. The molecule has 2 aliphatic rings. The molecule has 1 unspecified atom stereocenters. The molecule has 20 heavy (non-hydrogen) atoms. The van der Waals surface area contributed by atoms with E-state index in [0.717, 1.165) is 0 Å². The Hall–Kier alpha value is -1.59. The van der Waals surface area contributed by atoms with Crippen molar-refractivity contribution in [2.45, 2.75) is 39.2 Å². The van der Waals surface area contributed by atoms with Crippen LogP contribution < -0.4 is 0 Å². The van der Waals surface area contributed by atoms with Crippen LogP contribution in [-0.2, 0) is 14.4 Å². The molecule has 0 bridgehead atoms. The smallest absolute Gasteiger partial charge is 0.306 e. The van der Waals surface area contributed by atoms with Gasteiger partial charge in [-0.15, -0.1) is 0 Å². The molecule has 2 rings (SSSR count). The second-order valence-electron chi connectivity index (χ2n) is 5.98. The van der Waals surface area contributed by atoms with Crippen LogP contribution in [0, 0.1) is 11.8 Å². The van der Waals surface area contributed by atoms with Crippen LogP contribution in [0.25, 0.3) is 0 Å². The van der Waals surface area contributed by atoms with Crippen LogP contribution in [-0.4, -0.2) is 58.4 Å². The number of amides is 2. The number of hydrogen-bond acceptors (Lipinski definition) is 3. The second kappa shape index (κ2) is 5.81. The Morgan fingerprint density at radius 1 is 1.20 bits per heavy atom. The Balaban J connectivity index is 1.90. The quantitative estimate of drug-likeness (QED) is 0.820. The Morgan fingerprint density at radius 3 is 2.25 bits per heavy atom. The molecule has 0 spiro atoms. The molecular weight excluding hydrogens is 260 g/mol. The van der Waals surface area contributed by atoms with Gasteiger partial charge in [0.2, 0.25) is 11.8 Å². The van der Waals surface area contributed by atoms with Crippen LogP contribution in [0.3, 0.4) is 0 Å². The van der Waals surface area contributed by atoms with E-state index in [4.69, 9.17) is 5.11 Å².